The lowest BCUT2D eigenvalue weighted by Gasteiger charge is -2.42. The Morgan fingerprint density at radius 2 is 1.03 bits per heavy atom. The van der Waals surface area contributed by atoms with Crippen molar-refractivity contribution >= 4 is 23.6 Å². The van der Waals surface area contributed by atoms with Crippen molar-refractivity contribution in [1.82, 2.24) is 0 Å². The van der Waals surface area contributed by atoms with E-state index in [1.165, 1.54) is 44.5 Å². The van der Waals surface area contributed by atoms with Gasteiger partial charge in [0.2, 0.25) is 0 Å². The van der Waals surface area contributed by atoms with Crippen LogP contribution < -0.4 is 15.6 Å². The smallest absolute Gasteiger partial charge is 0.0636 e. The van der Waals surface area contributed by atoms with E-state index in [0.717, 1.165) is 12.8 Å². The van der Waals surface area contributed by atoms with Gasteiger partial charge in [-0.25, -0.2) is 0 Å². The number of allylic oxidation sites excluding steroid dienone is 4. The van der Waals surface area contributed by atoms with Gasteiger partial charge in [0.1, 0.15) is 0 Å². The summed E-state index contributed by atoms with van der Waals surface area (Å²) in [7, 11) is -2.64. The highest BCUT2D eigenvalue weighted by atomic mass is 28.3. The van der Waals surface area contributed by atoms with Gasteiger partial charge in [0.05, 0.1) is 0 Å². The van der Waals surface area contributed by atoms with Crippen LogP contribution in [0.3, 0.4) is 0 Å². The summed E-state index contributed by atoms with van der Waals surface area (Å²) in [4.78, 5) is 0. The molecule has 1 unspecified atom stereocenters. The number of rotatable bonds is 6. The minimum Gasteiger partial charge on any atom is -0.0636 e. The maximum atomic E-state index is 2.58. The molecule has 1 heteroatoms. The molecule has 1 atom stereocenters. The zero-order valence-corrected chi connectivity index (χ0v) is 25.2. The molecule has 0 aromatic heterocycles. The van der Waals surface area contributed by atoms with Crippen LogP contribution in [0.25, 0.3) is 0 Å². The van der Waals surface area contributed by atoms with Gasteiger partial charge in [-0.05, 0) is 99.5 Å². The second-order valence-corrected chi connectivity index (χ2v) is 14.7. The third kappa shape index (κ3) is 3.97. The Kier molecular flexibility index (Phi) is 7.35. The normalized spacial score (nSPS) is 16.3. The van der Waals surface area contributed by atoms with Gasteiger partial charge in [0.15, 0.2) is 8.07 Å². The molecular weight excluding hydrogens is 448 g/mol. The fourth-order valence-electron chi connectivity index (χ4n) is 7.01. The maximum absolute atomic E-state index is 2.64. The molecule has 0 nitrogen and oxygen atoms in total. The van der Waals surface area contributed by atoms with Crippen LogP contribution in [0.1, 0.15) is 74.9 Å². The first kappa shape index (κ1) is 26.4. The van der Waals surface area contributed by atoms with E-state index in [9.17, 15) is 0 Å². The predicted molar refractivity (Wildman–Crippen MR) is 162 cm³/mol. The van der Waals surface area contributed by atoms with Crippen molar-refractivity contribution in [3.8, 4) is 0 Å². The minimum atomic E-state index is -2.64. The maximum Gasteiger partial charge on any atom is 0.177 e. The van der Waals surface area contributed by atoms with Gasteiger partial charge in [-0.15, -0.1) is 0 Å². The van der Waals surface area contributed by atoms with Gasteiger partial charge >= 0.3 is 0 Å². The van der Waals surface area contributed by atoms with Crippen LogP contribution >= 0.6 is 0 Å². The van der Waals surface area contributed by atoms with Crippen LogP contribution in [-0.2, 0) is 12.8 Å². The van der Waals surface area contributed by atoms with Crippen molar-refractivity contribution in [3.63, 3.8) is 0 Å². The molecule has 0 N–H and O–H groups in total. The molecule has 0 saturated carbocycles. The Bertz CT molecular complexity index is 1270. The van der Waals surface area contributed by atoms with Crippen LogP contribution in [0.5, 0.6) is 0 Å². The molecule has 0 aliphatic heterocycles. The van der Waals surface area contributed by atoms with Crippen molar-refractivity contribution in [2.75, 3.05) is 0 Å². The van der Waals surface area contributed by atoms with E-state index in [-0.39, 0.29) is 0 Å². The number of aryl methyl sites for hydroxylation is 6. The highest BCUT2D eigenvalue weighted by molar-refractivity contribution is 7.17. The molecule has 0 bridgehead atoms. The van der Waals surface area contributed by atoms with Crippen molar-refractivity contribution in [3.05, 3.63) is 110 Å². The molecular formula is C35H44Si. The minimum absolute atomic E-state index is 0.435. The summed E-state index contributed by atoms with van der Waals surface area (Å²) < 4.78 is 0. The first-order valence-electron chi connectivity index (χ1n) is 13.7. The standard InChI is InChI=1S/C35H44Si/c1-11-30-19-31(12-2)21-32(20-30)36(33-22(3)15-13-16-23(33)4,34-24(5)17-14-18-25(34)6)35-28(9)26(7)27(8)29(35)10/h13-21,28H,11-12H2,1-10H3. The van der Waals surface area contributed by atoms with Gasteiger partial charge < -0.3 is 0 Å². The molecule has 1 aliphatic carbocycles. The zero-order valence-electron chi connectivity index (χ0n) is 24.2. The monoisotopic (exact) mass is 492 g/mol. The van der Waals surface area contributed by atoms with Crippen molar-refractivity contribution in [2.45, 2.75) is 82.1 Å². The second kappa shape index (κ2) is 10.0. The van der Waals surface area contributed by atoms with Gasteiger partial charge in [-0.3, -0.25) is 0 Å². The Morgan fingerprint density at radius 3 is 1.36 bits per heavy atom. The molecule has 4 rings (SSSR count). The third-order valence-corrected chi connectivity index (χ3v) is 14.9. The Morgan fingerprint density at radius 1 is 0.611 bits per heavy atom. The average molecular weight is 493 g/mol. The molecule has 3 aromatic carbocycles. The van der Waals surface area contributed by atoms with E-state index in [1.807, 2.05) is 0 Å². The molecule has 0 radical (unpaired) electrons. The van der Waals surface area contributed by atoms with Crippen molar-refractivity contribution in [2.24, 2.45) is 5.92 Å². The summed E-state index contributed by atoms with van der Waals surface area (Å²) in [5.74, 6) is 0.435. The third-order valence-electron chi connectivity index (χ3n) is 9.06. The number of benzene rings is 3. The molecule has 36 heavy (non-hydrogen) atoms. The summed E-state index contributed by atoms with van der Waals surface area (Å²) in [6, 6.07) is 21.5. The largest absolute Gasteiger partial charge is 0.177 e. The lowest BCUT2D eigenvalue weighted by atomic mass is 10.1. The summed E-state index contributed by atoms with van der Waals surface area (Å²) in [5, 5.41) is 6.46. The van der Waals surface area contributed by atoms with Gasteiger partial charge in [0, 0.05) is 0 Å². The molecule has 3 aromatic rings. The Labute approximate surface area is 221 Å². The quantitative estimate of drug-likeness (QED) is 0.249. The van der Waals surface area contributed by atoms with Crippen LogP contribution in [0, 0.1) is 33.6 Å². The fourth-order valence-corrected chi connectivity index (χ4v) is 13.8. The molecule has 0 saturated heterocycles. The van der Waals surface area contributed by atoms with Crippen LogP contribution in [0.2, 0.25) is 0 Å². The van der Waals surface area contributed by atoms with E-state index >= 15 is 0 Å². The van der Waals surface area contributed by atoms with Gasteiger partial charge in [-0.1, -0.05) is 114 Å². The summed E-state index contributed by atoms with van der Waals surface area (Å²) in [6.45, 7) is 23.6. The fraction of sp³-hybridized carbons (Fsp3) is 0.371. The van der Waals surface area contributed by atoms with Crippen LogP contribution in [0.4, 0.5) is 0 Å². The topological polar surface area (TPSA) is 0 Å². The molecule has 1 aliphatic rings. The second-order valence-electron chi connectivity index (χ2n) is 11.1. The lowest BCUT2D eigenvalue weighted by molar-refractivity contribution is 0.851. The highest BCUT2D eigenvalue weighted by Gasteiger charge is 2.50. The lowest BCUT2D eigenvalue weighted by Crippen LogP contribution is -2.72. The van der Waals surface area contributed by atoms with Gasteiger partial charge in [0.25, 0.3) is 0 Å². The van der Waals surface area contributed by atoms with E-state index in [1.54, 1.807) is 26.3 Å². The number of hydrogen-bond acceptors (Lipinski definition) is 0. The van der Waals surface area contributed by atoms with Gasteiger partial charge in [-0.2, -0.15) is 0 Å². The van der Waals surface area contributed by atoms with E-state index in [2.05, 4.69) is 124 Å². The van der Waals surface area contributed by atoms with E-state index < -0.39 is 8.07 Å². The zero-order chi connectivity index (χ0) is 26.4. The Balaban J connectivity index is 2.35. The first-order valence-corrected chi connectivity index (χ1v) is 15.7. The molecule has 188 valence electrons. The number of hydrogen-bond donors (Lipinski definition) is 0. The first-order chi connectivity index (χ1) is 17.1. The molecule has 0 fully saturated rings. The molecule has 0 spiro atoms. The molecule has 0 amide bonds. The average Bonchev–Trinajstić information content (AvgIpc) is 3.04. The molecule has 0 heterocycles. The van der Waals surface area contributed by atoms with E-state index in [0.29, 0.717) is 5.92 Å². The van der Waals surface area contributed by atoms with E-state index in [4.69, 9.17) is 0 Å². The van der Waals surface area contributed by atoms with Crippen LogP contribution in [-0.4, -0.2) is 8.07 Å². The van der Waals surface area contributed by atoms with Crippen LogP contribution in [0.15, 0.2) is 76.5 Å². The van der Waals surface area contributed by atoms with Crippen molar-refractivity contribution < 1.29 is 0 Å². The summed E-state index contributed by atoms with van der Waals surface area (Å²) in [6.07, 6.45) is 2.13. The SMILES string of the molecule is CCc1cc(CC)cc([Si](C2=C(C)C(C)=C(C)C2C)(c2c(C)cccc2C)c2c(C)cccc2C)c1. The highest BCUT2D eigenvalue weighted by Crippen LogP contribution is 2.42. The Hall–Kier alpha value is -2.64. The summed E-state index contributed by atoms with van der Waals surface area (Å²) >= 11 is 0. The van der Waals surface area contributed by atoms with Crippen molar-refractivity contribution in [1.29, 1.82) is 0 Å². The predicted octanol–water partition coefficient (Wildman–Crippen LogP) is 7.36. The summed E-state index contributed by atoms with van der Waals surface area (Å²) in [5.41, 5.74) is 13.2.